The van der Waals surface area contributed by atoms with Gasteiger partial charge in [0.25, 0.3) is 0 Å². The van der Waals surface area contributed by atoms with Crippen LogP contribution in [0.1, 0.15) is 29.8 Å². The number of nitrogens with zero attached hydrogens (tertiary/aromatic N) is 2. The minimum atomic E-state index is -1.32. The Bertz CT molecular complexity index is 919. The first kappa shape index (κ1) is 18.0. The number of carbonyl (C=O) groups is 1. The van der Waals surface area contributed by atoms with Gasteiger partial charge in [-0.1, -0.05) is 43.6 Å². The molecule has 0 amide bonds. The summed E-state index contributed by atoms with van der Waals surface area (Å²) in [5.74, 6) is -1.32. The van der Waals surface area contributed by atoms with Crippen molar-refractivity contribution in [2.45, 2.75) is 19.3 Å². The lowest BCUT2D eigenvalue weighted by molar-refractivity contribution is -0.255. The van der Waals surface area contributed by atoms with E-state index in [-0.39, 0.29) is 16.0 Å². The second kappa shape index (κ2) is 6.84. The van der Waals surface area contributed by atoms with E-state index >= 15 is 0 Å². The molecule has 6 heteroatoms. The largest absolute Gasteiger partial charge is 0.545 e. The summed E-state index contributed by atoms with van der Waals surface area (Å²) in [6.07, 6.45) is 3.61. The number of halogens is 1. The maximum absolute atomic E-state index is 11.0. The summed E-state index contributed by atoms with van der Waals surface area (Å²) >= 11 is 5.83. The summed E-state index contributed by atoms with van der Waals surface area (Å²) in [6, 6.07) is 12.8. The number of carbonyl (C=O) groups excluding carboxylic acids is 1. The molecule has 0 aliphatic carbocycles. The fraction of sp³-hybridized carbons (Fsp3) is 0.200. The van der Waals surface area contributed by atoms with Crippen LogP contribution in [0.2, 0.25) is 5.02 Å². The number of allylic oxidation sites excluding steroid dienone is 2. The molecule has 0 bridgehead atoms. The van der Waals surface area contributed by atoms with Crippen molar-refractivity contribution in [2.24, 2.45) is 5.10 Å². The molecular weight excluding hydrogens is 350 g/mol. The Morgan fingerprint density at radius 1 is 1.27 bits per heavy atom. The number of nitrogens with one attached hydrogen (secondary N) is 1. The molecule has 26 heavy (non-hydrogen) atoms. The van der Waals surface area contributed by atoms with Gasteiger partial charge in [-0.25, -0.2) is 0 Å². The average molecular weight is 369 g/mol. The monoisotopic (exact) mass is 368 g/mol. The zero-order valence-corrected chi connectivity index (χ0v) is 15.5. The first-order chi connectivity index (χ1) is 12.3. The van der Waals surface area contributed by atoms with Crippen LogP contribution in [0, 0.1) is 0 Å². The molecule has 0 unspecified atom stereocenters. The molecule has 0 radical (unpaired) electrons. The number of carboxylic acids is 1. The summed E-state index contributed by atoms with van der Waals surface area (Å²) in [5.41, 5.74) is 6.71. The van der Waals surface area contributed by atoms with E-state index in [2.05, 4.69) is 41.4 Å². The van der Waals surface area contributed by atoms with Gasteiger partial charge in [-0.3, -0.25) is 5.43 Å². The van der Waals surface area contributed by atoms with Crippen LogP contribution in [0.3, 0.4) is 0 Å². The van der Waals surface area contributed by atoms with Crippen molar-refractivity contribution in [3.63, 3.8) is 0 Å². The Balaban J connectivity index is 1.79. The molecule has 0 saturated carbocycles. The molecule has 5 nitrogen and oxygen atoms in total. The highest BCUT2D eigenvalue weighted by atomic mass is 35.5. The molecule has 1 aliphatic rings. The third-order valence-electron chi connectivity index (χ3n) is 4.63. The van der Waals surface area contributed by atoms with Crippen molar-refractivity contribution in [2.75, 3.05) is 17.4 Å². The van der Waals surface area contributed by atoms with Crippen molar-refractivity contribution in [3.8, 4) is 0 Å². The van der Waals surface area contributed by atoms with E-state index < -0.39 is 5.97 Å². The average Bonchev–Trinajstić information content (AvgIpc) is 2.80. The molecule has 0 atom stereocenters. The molecule has 1 heterocycles. The van der Waals surface area contributed by atoms with Gasteiger partial charge in [0.05, 0.1) is 11.7 Å². The molecule has 0 aromatic heterocycles. The number of para-hydroxylation sites is 1. The molecule has 0 saturated heterocycles. The number of anilines is 2. The van der Waals surface area contributed by atoms with Gasteiger partial charge in [0.1, 0.15) is 0 Å². The Hall–Kier alpha value is -2.79. The fourth-order valence-corrected chi connectivity index (χ4v) is 3.47. The van der Waals surface area contributed by atoms with Crippen molar-refractivity contribution in [1.82, 2.24) is 0 Å². The van der Waals surface area contributed by atoms with Gasteiger partial charge in [-0.05, 0) is 35.9 Å². The number of hydrogen-bond donors (Lipinski definition) is 1. The molecular formula is C20H19ClN3O2-. The quantitative estimate of drug-likeness (QED) is 0.663. The van der Waals surface area contributed by atoms with E-state index in [0.29, 0.717) is 5.69 Å². The Morgan fingerprint density at radius 3 is 2.69 bits per heavy atom. The number of rotatable bonds is 4. The first-order valence-electron chi connectivity index (χ1n) is 8.16. The van der Waals surface area contributed by atoms with Crippen LogP contribution in [0.4, 0.5) is 11.4 Å². The summed E-state index contributed by atoms with van der Waals surface area (Å²) in [4.78, 5) is 13.2. The molecule has 1 aliphatic heterocycles. The minimum Gasteiger partial charge on any atom is -0.545 e. The molecule has 2 aromatic carbocycles. The normalized spacial score (nSPS) is 16.9. The molecule has 2 aromatic rings. The summed E-state index contributed by atoms with van der Waals surface area (Å²) in [5, 5.41) is 15.3. The maximum Gasteiger partial charge on any atom is 0.0731 e. The molecule has 1 N–H and O–H groups in total. The van der Waals surface area contributed by atoms with E-state index in [0.717, 1.165) is 5.70 Å². The lowest BCUT2D eigenvalue weighted by atomic mass is 9.84. The standard InChI is InChI=1S/C20H20ClN3O2/c1-20(2)15-6-4-5-7-17(15)24(3)18(20)10-11-22-23-13-8-9-16(21)14(12-13)19(25)26/h4-12,23H,1-3H3,(H,25,26)/p-1/b18-10-,22-11+. The van der Waals surface area contributed by atoms with Crippen LogP contribution in [-0.4, -0.2) is 19.2 Å². The topological polar surface area (TPSA) is 67.8 Å². The highest BCUT2D eigenvalue weighted by molar-refractivity contribution is 6.33. The van der Waals surface area contributed by atoms with Gasteiger partial charge in [0, 0.05) is 40.6 Å². The van der Waals surface area contributed by atoms with Crippen LogP contribution in [0.25, 0.3) is 0 Å². The predicted octanol–water partition coefficient (Wildman–Crippen LogP) is 3.41. The number of carboxylic acid groups (broad SMARTS) is 1. The van der Waals surface area contributed by atoms with Crippen molar-refractivity contribution in [1.29, 1.82) is 0 Å². The smallest absolute Gasteiger partial charge is 0.0731 e. The lowest BCUT2D eigenvalue weighted by Gasteiger charge is -2.23. The molecule has 0 spiro atoms. The van der Waals surface area contributed by atoms with E-state index in [4.69, 9.17) is 11.6 Å². The third kappa shape index (κ3) is 3.18. The number of benzene rings is 2. The summed E-state index contributed by atoms with van der Waals surface area (Å²) < 4.78 is 0. The molecule has 134 valence electrons. The number of likely N-dealkylation sites (N-methyl/N-ethyl adjacent to an activating group) is 1. The van der Waals surface area contributed by atoms with Gasteiger partial charge in [-0.2, -0.15) is 5.10 Å². The van der Waals surface area contributed by atoms with Crippen LogP contribution < -0.4 is 15.4 Å². The second-order valence-corrected chi connectivity index (χ2v) is 7.03. The van der Waals surface area contributed by atoms with Crippen molar-refractivity contribution in [3.05, 3.63) is 70.4 Å². The molecule has 0 fully saturated rings. The first-order valence-corrected chi connectivity index (χ1v) is 8.54. The van der Waals surface area contributed by atoms with E-state index in [1.54, 1.807) is 12.3 Å². The Kier molecular flexibility index (Phi) is 4.74. The third-order valence-corrected chi connectivity index (χ3v) is 4.96. The van der Waals surface area contributed by atoms with Gasteiger partial charge in [0.15, 0.2) is 0 Å². The van der Waals surface area contributed by atoms with Crippen molar-refractivity contribution >= 4 is 35.2 Å². The van der Waals surface area contributed by atoms with Crippen LogP contribution in [-0.2, 0) is 5.41 Å². The van der Waals surface area contributed by atoms with E-state index in [9.17, 15) is 9.90 Å². The van der Waals surface area contributed by atoms with Gasteiger partial charge in [-0.15, -0.1) is 0 Å². The van der Waals surface area contributed by atoms with Gasteiger partial charge >= 0.3 is 0 Å². The minimum absolute atomic E-state index is 0.0719. The summed E-state index contributed by atoms with van der Waals surface area (Å²) in [7, 11) is 2.03. The lowest BCUT2D eigenvalue weighted by Crippen LogP contribution is -2.23. The Labute approximate surface area is 157 Å². The van der Waals surface area contributed by atoms with Crippen LogP contribution >= 0.6 is 11.6 Å². The van der Waals surface area contributed by atoms with Crippen molar-refractivity contribution < 1.29 is 9.90 Å². The van der Waals surface area contributed by atoms with Crippen LogP contribution in [0.5, 0.6) is 0 Å². The zero-order chi connectivity index (χ0) is 18.9. The SMILES string of the molecule is CN1/C(=C\C=N\Nc2ccc(Cl)c(C(=O)[O-])c2)C(C)(C)c2ccccc21. The zero-order valence-electron chi connectivity index (χ0n) is 14.8. The number of hydrazone groups is 1. The summed E-state index contributed by atoms with van der Waals surface area (Å²) in [6.45, 7) is 4.35. The fourth-order valence-electron chi connectivity index (χ4n) is 3.27. The molecule has 3 rings (SSSR count). The number of aromatic carboxylic acids is 1. The Morgan fingerprint density at radius 2 is 2.00 bits per heavy atom. The van der Waals surface area contributed by atoms with Crippen LogP contribution in [0.15, 0.2) is 59.3 Å². The second-order valence-electron chi connectivity index (χ2n) is 6.63. The predicted molar refractivity (Wildman–Crippen MR) is 104 cm³/mol. The van der Waals surface area contributed by atoms with Gasteiger partial charge in [0.2, 0.25) is 0 Å². The van der Waals surface area contributed by atoms with E-state index in [1.807, 2.05) is 25.3 Å². The van der Waals surface area contributed by atoms with E-state index in [1.165, 1.54) is 23.4 Å². The maximum atomic E-state index is 11.0. The highest BCUT2D eigenvalue weighted by Crippen LogP contribution is 2.46. The van der Waals surface area contributed by atoms with Gasteiger partial charge < -0.3 is 14.8 Å². The highest BCUT2D eigenvalue weighted by Gasteiger charge is 2.37. The number of fused-ring (bicyclic) bond motifs is 1. The number of hydrogen-bond acceptors (Lipinski definition) is 5.